The second-order valence-corrected chi connectivity index (χ2v) is 3.27. The molecule has 0 aromatic carbocycles. The monoisotopic (exact) mass is 158 g/mol. The van der Waals surface area contributed by atoms with Crippen molar-refractivity contribution in [1.82, 2.24) is 5.43 Å². The van der Waals surface area contributed by atoms with E-state index in [0.717, 1.165) is 0 Å². The van der Waals surface area contributed by atoms with Gasteiger partial charge in [0.05, 0.1) is 0 Å². The highest BCUT2D eigenvalue weighted by atomic mass is 15.2. The van der Waals surface area contributed by atoms with Crippen molar-refractivity contribution < 1.29 is 0 Å². The molecule has 2 heteroatoms. The Bertz CT molecular complexity index is 74.0. The Labute approximate surface area is 70.5 Å². The molecule has 0 aliphatic rings. The zero-order chi connectivity index (χ0) is 8.53. The normalized spacial score (nSPS) is 13.4. The number of unbranched alkanes of at least 4 members (excludes halogenated alkanes) is 4. The molecule has 11 heavy (non-hydrogen) atoms. The molecular weight excluding hydrogens is 136 g/mol. The lowest BCUT2D eigenvalue weighted by molar-refractivity contribution is 0.491. The average molecular weight is 158 g/mol. The molecule has 0 fully saturated rings. The molecule has 0 amide bonds. The highest BCUT2D eigenvalue weighted by Gasteiger charge is 1.96. The van der Waals surface area contributed by atoms with Crippen LogP contribution in [0.1, 0.15) is 52.4 Å². The summed E-state index contributed by atoms with van der Waals surface area (Å²) in [6.45, 7) is 4.36. The minimum atomic E-state index is 0.483. The fourth-order valence-corrected chi connectivity index (χ4v) is 1.14. The quantitative estimate of drug-likeness (QED) is 0.338. The Morgan fingerprint density at radius 1 is 1.18 bits per heavy atom. The molecule has 3 N–H and O–H groups in total. The van der Waals surface area contributed by atoms with E-state index in [1.54, 1.807) is 0 Å². The first-order valence-corrected chi connectivity index (χ1v) is 4.77. The Balaban J connectivity index is 2.89. The number of hydrazine groups is 1. The lowest BCUT2D eigenvalue weighted by atomic mass is 10.1. The zero-order valence-corrected chi connectivity index (χ0v) is 7.90. The summed E-state index contributed by atoms with van der Waals surface area (Å²) in [5.74, 6) is 5.26. The predicted octanol–water partition coefficient (Wildman–Crippen LogP) is 2.20. The van der Waals surface area contributed by atoms with Crippen LogP contribution in [0.4, 0.5) is 0 Å². The highest BCUT2D eigenvalue weighted by Crippen LogP contribution is 2.06. The van der Waals surface area contributed by atoms with Crippen LogP contribution in [0.3, 0.4) is 0 Å². The van der Waals surface area contributed by atoms with E-state index in [9.17, 15) is 0 Å². The molecule has 0 aromatic heterocycles. The van der Waals surface area contributed by atoms with Gasteiger partial charge in [0.2, 0.25) is 0 Å². The van der Waals surface area contributed by atoms with E-state index in [1.165, 1.54) is 38.5 Å². The van der Waals surface area contributed by atoms with Gasteiger partial charge in [-0.05, 0) is 13.3 Å². The van der Waals surface area contributed by atoms with E-state index in [2.05, 4.69) is 19.3 Å². The summed E-state index contributed by atoms with van der Waals surface area (Å²) in [6, 6.07) is 0.483. The first kappa shape index (κ1) is 10.9. The van der Waals surface area contributed by atoms with Crippen LogP contribution in [0.5, 0.6) is 0 Å². The molecule has 68 valence electrons. The number of hydrogen-bond acceptors (Lipinski definition) is 2. The molecule has 0 saturated heterocycles. The third-order valence-corrected chi connectivity index (χ3v) is 2.03. The molecule has 1 atom stereocenters. The second-order valence-electron chi connectivity index (χ2n) is 3.27. The molecule has 1 unspecified atom stereocenters. The van der Waals surface area contributed by atoms with E-state index in [1.807, 2.05) is 0 Å². The van der Waals surface area contributed by atoms with Gasteiger partial charge in [0.25, 0.3) is 0 Å². The van der Waals surface area contributed by atoms with Crippen molar-refractivity contribution in [3.05, 3.63) is 0 Å². The van der Waals surface area contributed by atoms with Crippen LogP contribution in [0.25, 0.3) is 0 Å². The van der Waals surface area contributed by atoms with Crippen LogP contribution in [-0.4, -0.2) is 6.04 Å². The van der Waals surface area contributed by atoms with Crippen LogP contribution >= 0.6 is 0 Å². The SMILES string of the molecule is CCCCCCCC(C)NN. The molecule has 0 aliphatic carbocycles. The summed E-state index contributed by atoms with van der Waals surface area (Å²) in [7, 11) is 0. The van der Waals surface area contributed by atoms with Crippen molar-refractivity contribution in [2.24, 2.45) is 5.84 Å². The van der Waals surface area contributed by atoms with Crippen molar-refractivity contribution in [3.8, 4) is 0 Å². The van der Waals surface area contributed by atoms with Gasteiger partial charge < -0.3 is 0 Å². The second kappa shape index (κ2) is 8.02. The molecule has 0 aliphatic heterocycles. The molecule has 0 heterocycles. The summed E-state index contributed by atoms with van der Waals surface area (Å²) in [6.07, 6.45) is 7.97. The first-order chi connectivity index (χ1) is 5.31. The molecule has 0 saturated carbocycles. The third kappa shape index (κ3) is 7.82. The van der Waals surface area contributed by atoms with Crippen molar-refractivity contribution in [2.75, 3.05) is 0 Å². The number of nitrogens with one attached hydrogen (secondary N) is 1. The number of hydrogen-bond donors (Lipinski definition) is 2. The van der Waals surface area contributed by atoms with Gasteiger partial charge in [-0.1, -0.05) is 39.0 Å². The maximum atomic E-state index is 5.26. The maximum Gasteiger partial charge on any atom is 0.0182 e. The van der Waals surface area contributed by atoms with Gasteiger partial charge in [0.1, 0.15) is 0 Å². The van der Waals surface area contributed by atoms with Crippen molar-refractivity contribution in [1.29, 1.82) is 0 Å². The van der Waals surface area contributed by atoms with Gasteiger partial charge in [0.15, 0.2) is 0 Å². The van der Waals surface area contributed by atoms with E-state index >= 15 is 0 Å². The largest absolute Gasteiger partial charge is 0.271 e. The number of nitrogens with two attached hydrogens (primary N) is 1. The lowest BCUT2D eigenvalue weighted by Gasteiger charge is -2.08. The van der Waals surface area contributed by atoms with Gasteiger partial charge in [0, 0.05) is 6.04 Å². The van der Waals surface area contributed by atoms with Crippen molar-refractivity contribution >= 4 is 0 Å². The van der Waals surface area contributed by atoms with Crippen LogP contribution < -0.4 is 11.3 Å². The third-order valence-electron chi connectivity index (χ3n) is 2.03. The number of rotatable bonds is 7. The molecule has 0 radical (unpaired) electrons. The van der Waals surface area contributed by atoms with Gasteiger partial charge in [-0.2, -0.15) is 0 Å². The molecule has 0 rings (SSSR count). The van der Waals surface area contributed by atoms with E-state index in [4.69, 9.17) is 5.84 Å². The van der Waals surface area contributed by atoms with Gasteiger partial charge in [-0.25, -0.2) is 0 Å². The Morgan fingerprint density at radius 2 is 1.82 bits per heavy atom. The van der Waals surface area contributed by atoms with Crippen LogP contribution in [0.15, 0.2) is 0 Å². The summed E-state index contributed by atoms with van der Waals surface area (Å²) in [5, 5.41) is 0. The highest BCUT2D eigenvalue weighted by molar-refractivity contribution is 4.55. The van der Waals surface area contributed by atoms with E-state index in [0.29, 0.717) is 6.04 Å². The van der Waals surface area contributed by atoms with E-state index < -0.39 is 0 Å². The first-order valence-electron chi connectivity index (χ1n) is 4.77. The fraction of sp³-hybridized carbons (Fsp3) is 1.00. The smallest absolute Gasteiger partial charge is 0.0182 e. The fourth-order valence-electron chi connectivity index (χ4n) is 1.14. The Hall–Kier alpha value is -0.0800. The standard InChI is InChI=1S/C9H22N2/c1-3-4-5-6-7-8-9(2)11-10/h9,11H,3-8,10H2,1-2H3. The molecule has 0 bridgehead atoms. The summed E-state index contributed by atoms with van der Waals surface area (Å²) in [5.41, 5.74) is 2.76. The van der Waals surface area contributed by atoms with Crippen LogP contribution in [-0.2, 0) is 0 Å². The average Bonchev–Trinajstić information content (AvgIpc) is 2.04. The van der Waals surface area contributed by atoms with Crippen molar-refractivity contribution in [2.45, 2.75) is 58.4 Å². The van der Waals surface area contributed by atoms with Crippen molar-refractivity contribution in [3.63, 3.8) is 0 Å². The molecule has 0 aromatic rings. The Morgan fingerprint density at radius 3 is 2.36 bits per heavy atom. The van der Waals surface area contributed by atoms with E-state index in [-0.39, 0.29) is 0 Å². The van der Waals surface area contributed by atoms with Gasteiger partial charge in [-0.3, -0.25) is 11.3 Å². The molecular formula is C9H22N2. The summed E-state index contributed by atoms with van der Waals surface area (Å²) >= 11 is 0. The topological polar surface area (TPSA) is 38.0 Å². The minimum absolute atomic E-state index is 0.483. The van der Waals surface area contributed by atoms with Gasteiger partial charge in [-0.15, -0.1) is 0 Å². The zero-order valence-electron chi connectivity index (χ0n) is 7.90. The van der Waals surface area contributed by atoms with Gasteiger partial charge >= 0.3 is 0 Å². The van der Waals surface area contributed by atoms with Crippen LogP contribution in [0.2, 0.25) is 0 Å². The predicted molar refractivity (Wildman–Crippen MR) is 50.2 cm³/mol. The Kier molecular flexibility index (Phi) is 7.96. The summed E-state index contributed by atoms with van der Waals surface area (Å²) < 4.78 is 0. The minimum Gasteiger partial charge on any atom is -0.271 e. The van der Waals surface area contributed by atoms with Crippen LogP contribution in [0, 0.1) is 0 Å². The molecule has 2 nitrogen and oxygen atoms in total. The summed E-state index contributed by atoms with van der Waals surface area (Å²) in [4.78, 5) is 0. The lowest BCUT2D eigenvalue weighted by Crippen LogP contribution is -2.32. The molecule has 0 spiro atoms. The maximum absolute atomic E-state index is 5.26.